The molecule has 2 N–H and O–H groups in total. The fourth-order valence-electron chi connectivity index (χ4n) is 2.74. The second-order valence-corrected chi connectivity index (χ2v) is 6.79. The smallest absolute Gasteiger partial charge is 0.230 e. The molecule has 2 aromatic rings. The number of aryl methyl sites for hydroxylation is 1. The van der Waals surface area contributed by atoms with Gasteiger partial charge in [0.25, 0.3) is 0 Å². The average molecular weight is 325 g/mol. The van der Waals surface area contributed by atoms with Crippen molar-refractivity contribution in [2.75, 3.05) is 6.61 Å². The van der Waals surface area contributed by atoms with Gasteiger partial charge < -0.3 is 10.4 Å². The van der Waals surface area contributed by atoms with Crippen LogP contribution in [-0.2, 0) is 10.2 Å². The Morgan fingerprint density at radius 2 is 1.71 bits per heavy atom. The molecule has 24 heavy (non-hydrogen) atoms. The van der Waals surface area contributed by atoms with Gasteiger partial charge in [0.05, 0.1) is 11.5 Å². The molecule has 2 rings (SSSR count). The molecule has 0 saturated heterocycles. The second-order valence-electron chi connectivity index (χ2n) is 6.79. The Morgan fingerprint density at radius 3 is 2.29 bits per heavy atom. The van der Waals surface area contributed by atoms with Crippen LogP contribution in [0, 0.1) is 6.92 Å². The Morgan fingerprint density at radius 1 is 1.08 bits per heavy atom. The fraction of sp³-hybridized carbons (Fsp3) is 0.381. The van der Waals surface area contributed by atoms with Gasteiger partial charge in [-0.1, -0.05) is 60.2 Å². The molecule has 0 spiro atoms. The summed E-state index contributed by atoms with van der Waals surface area (Å²) in [5, 5.41) is 12.3. The van der Waals surface area contributed by atoms with Gasteiger partial charge in [-0.3, -0.25) is 4.79 Å². The maximum absolute atomic E-state index is 12.9. The third kappa shape index (κ3) is 4.45. The van der Waals surface area contributed by atoms with Gasteiger partial charge in [0, 0.05) is 6.61 Å². The van der Waals surface area contributed by atoms with Gasteiger partial charge in [-0.25, -0.2) is 0 Å². The highest BCUT2D eigenvalue weighted by Crippen LogP contribution is 2.26. The molecular weight excluding hydrogens is 298 g/mol. The lowest BCUT2D eigenvalue weighted by molar-refractivity contribution is -0.126. The highest BCUT2D eigenvalue weighted by molar-refractivity contribution is 5.87. The average Bonchev–Trinajstić information content (AvgIpc) is 2.59. The van der Waals surface area contributed by atoms with Crippen molar-refractivity contribution in [2.45, 2.75) is 45.1 Å². The quantitative estimate of drug-likeness (QED) is 0.811. The zero-order valence-electron chi connectivity index (χ0n) is 14.8. The SMILES string of the molecule is Cc1ccc(C(C)(C)C(=O)NC(CCCO)c2ccccc2)cc1. The van der Waals surface area contributed by atoms with E-state index in [9.17, 15) is 4.79 Å². The largest absolute Gasteiger partial charge is 0.396 e. The molecule has 0 radical (unpaired) electrons. The summed E-state index contributed by atoms with van der Waals surface area (Å²) >= 11 is 0. The summed E-state index contributed by atoms with van der Waals surface area (Å²) < 4.78 is 0. The first-order valence-electron chi connectivity index (χ1n) is 8.49. The van der Waals surface area contributed by atoms with Gasteiger partial charge in [-0.2, -0.15) is 0 Å². The summed E-state index contributed by atoms with van der Waals surface area (Å²) in [6.45, 7) is 6.06. The minimum atomic E-state index is -0.611. The number of nitrogens with one attached hydrogen (secondary N) is 1. The van der Waals surface area contributed by atoms with E-state index in [1.165, 1.54) is 5.56 Å². The predicted octanol–water partition coefficient (Wildman–Crippen LogP) is 3.90. The molecule has 0 aliphatic carbocycles. The monoisotopic (exact) mass is 325 g/mol. The van der Waals surface area contributed by atoms with Gasteiger partial charge in [0.2, 0.25) is 5.91 Å². The van der Waals surface area contributed by atoms with Crippen LogP contribution in [0.4, 0.5) is 0 Å². The van der Waals surface area contributed by atoms with Crippen molar-refractivity contribution in [3.8, 4) is 0 Å². The molecule has 0 fully saturated rings. The van der Waals surface area contributed by atoms with Crippen LogP contribution in [0.2, 0.25) is 0 Å². The number of hydrogen-bond donors (Lipinski definition) is 2. The predicted molar refractivity (Wildman–Crippen MR) is 97.9 cm³/mol. The third-order valence-electron chi connectivity index (χ3n) is 4.50. The van der Waals surface area contributed by atoms with Crippen LogP contribution in [0.25, 0.3) is 0 Å². The van der Waals surface area contributed by atoms with E-state index in [0.717, 1.165) is 17.5 Å². The number of aliphatic hydroxyl groups excluding tert-OH is 1. The van der Waals surface area contributed by atoms with Crippen LogP contribution in [0.1, 0.15) is 49.4 Å². The van der Waals surface area contributed by atoms with Crippen molar-refractivity contribution >= 4 is 5.91 Å². The number of carbonyl (C=O) groups excluding carboxylic acids is 1. The van der Waals surface area contributed by atoms with Crippen LogP contribution < -0.4 is 5.32 Å². The molecule has 0 aromatic heterocycles. The number of benzene rings is 2. The van der Waals surface area contributed by atoms with Crippen molar-refractivity contribution in [3.05, 3.63) is 71.3 Å². The van der Waals surface area contributed by atoms with Crippen molar-refractivity contribution in [1.82, 2.24) is 5.32 Å². The lowest BCUT2D eigenvalue weighted by Crippen LogP contribution is -2.42. The standard InChI is InChI=1S/C21H27NO2/c1-16-11-13-18(14-12-16)21(2,3)20(24)22-19(10-7-15-23)17-8-5-4-6-9-17/h4-6,8-9,11-14,19,23H,7,10,15H2,1-3H3,(H,22,24). The maximum atomic E-state index is 12.9. The van der Waals surface area contributed by atoms with E-state index in [0.29, 0.717) is 6.42 Å². The molecule has 2 aromatic carbocycles. The third-order valence-corrected chi connectivity index (χ3v) is 4.50. The van der Waals surface area contributed by atoms with E-state index in [-0.39, 0.29) is 18.6 Å². The van der Waals surface area contributed by atoms with Crippen molar-refractivity contribution in [2.24, 2.45) is 0 Å². The molecule has 0 aliphatic heterocycles. The molecule has 1 unspecified atom stereocenters. The summed E-state index contributed by atoms with van der Waals surface area (Å²) in [6, 6.07) is 17.9. The zero-order valence-corrected chi connectivity index (χ0v) is 14.8. The van der Waals surface area contributed by atoms with Gasteiger partial charge >= 0.3 is 0 Å². The topological polar surface area (TPSA) is 49.3 Å². The lowest BCUT2D eigenvalue weighted by Gasteiger charge is -2.28. The van der Waals surface area contributed by atoms with Gasteiger partial charge in [0.15, 0.2) is 0 Å². The normalized spacial score (nSPS) is 12.7. The number of rotatable bonds is 7. The molecule has 3 heteroatoms. The molecule has 1 amide bonds. The Labute approximate surface area is 144 Å². The first-order chi connectivity index (χ1) is 11.4. The van der Waals surface area contributed by atoms with Gasteiger partial charge in [0.1, 0.15) is 0 Å². The molecule has 0 aliphatic rings. The van der Waals surface area contributed by atoms with Gasteiger partial charge in [-0.15, -0.1) is 0 Å². The summed E-state index contributed by atoms with van der Waals surface area (Å²) in [4.78, 5) is 12.9. The van der Waals surface area contributed by atoms with E-state index < -0.39 is 5.41 Å². The molecule has 0 heterocycles. The van der Waals surface area contributed by atoms with Gasteiger partial charge in [-0.05, 0) is 44.7 Å². The highest BCUT2D eigenvalue weighted by Gasteiger charge is 2.31. The summed E-state index contributed by atoms with van der Waals surface area (Å²) in [6.07, 6.45) is 1.38. The highest BCUT2D eigenvalue weighted by atomic mass is 16.3. The number of aliphatic hydroxyl groups is 1. The van der Waals surface area contributed by atoms with Crippen LogP contribution >= 0.6 is 0 Å². The first-order valence-corrected chi connectivity index (χ1v) is 8.49. The van der Waals surface area contributed by atoms with E-state index in [1.54, 1.807) is 0 Å². The first kappa shape index (κ1) is 18.2. The molecule has 0 bridgehead atoms. The van der Waals surface area contributed by atoms with Crippen molar-refractivity contribution in [1.29, 1.82) is 0 Å². The van der Waals surface area contributed by atoms with Crippen molar-refractivity contribution in [3.63, 3.8) is 0 Å². The van der Waals surface area contributed by atoms with E-state index >= 15 is 0 Å². The molecule has 0 saturated carbocycles. The maximum Gasteiger partial charge on any atom is 0.230 e. The van der Waals surface area contributed by atoms with E-state index in [4.69, 9.17) is 5.11 Å². The lowest BCUT2D eigenvalue weighted by atomic mass is 9.83. The van der Waals surface area contributed by atoms with Crippen molar-refractivity contribution < 1.29 is 9.90 Å². The molecule has 128 valence electrons. The van der Waals surface area contributed by atoms with Crippen LogP contribution in [0.3, 0.4) is 0 Å². The summed E-state index contributed by atoms with van der Waals surface area (Å²) in [7, 11) is 0. The summed E-state index contributed by atoms with van der Waals surface area (Å²) in [5.74, 6) is -0.00172. The number of amides is 1. The molecule has 1 atom stereocenters. The Kier molecular flexibility index (Phi) is 6.16. The number of carbonyl (C=O) groups is 1. The number of hydrogen-bond acceptors (Lipinski definition) is 2. The van der Waals surface area contributed by atoms with Crippen LogP contribution in [0.5, 0.6) is 0 Å². The fourth-order valence-corrected chi connectivity index (χ4v) is 2.74. The zero-order chi connectivity index (χ0) is 17.6. The van der Waals surface area contributed by atoms with Crippen LogP contribution in [0.15, 0.2) is 54.6 Å². The molecular formula is C21H27NO2. The Hall–Kier alpha value is -2.13. The summed E-state index contributed by atoms with van der Waals surface area (Å²) in [5.41, 5.74) is 2.64. The Balaban J connectivity index is 2.18. The van der Waals surface area contributed by atoms with E-state index in [2.05, 4.69) is 5.32 Å². The second kappa shape index (κ2) is 8.11. The molecule has 3 nitrogen and oxygen atoms in total. The Bertz CT molecular complexity index is 647. The van der Waals surface area contributed by atoms with Crippen LogP contribution in [-0.4, -0.2) is 17.6 Å². The van der Waals surface area contributed by atoms with E-state index in [1.807, 2.05) is 75.4 Å². The minimum absolute atomic E-state index is 0.00172. The minimum Gasteiger partial charge on any atom is -0.396 e.